The van der Waals surface area contributed by atoms with Crippen molar-refractivity contribution in [2.75, 3.05) is 13.2 Å². The van der Waals surface area contributed by atoms with Gasteiger partial charge in [-0.3, -0.25) is 9.59 Å². The number of fused-ring (bicyclic) bond motifs is 3. The summed E-state index contributed by atoms with van der Waals surface area (Å²) in [6.07, 6.45) is 4.52. The van der Waals surface area contributed by atoms with E-state index in [9.17, 15) is 19.5 Å². The minimum Gasteiger partial charge on any atom is -0.481 e. The number of rotatable bonds is 7. The molecule has 1 aliphatic heterocycles. The minimum absolute atomic E-state index is 0.0179. The van der Waals surface area contributed by atoms with Crippen LogP contribution in [0, 0.1) is 0 Å². The molecule has 1 heterocycles. The number of carboxylic acids is 1. The third-order valence-electron chi connectivity index (χ3n) is 7.87. The third-order valence-corrected chi connectivity index (χ3v) is 7.87. The van der Waals surface area contributed by atoms with Gasteiger partial charge in [0.15, 0.2) is 0 Å². The minimum atomic E-state index is -0.887. The third kappa shape index (κ3) is 4.77. The quantitative estimate of drug-likeness (QED) is 0.604. The van der Waals surface area contributed by atoms with Crippen LogP contribution >= 0.6 is 0 Å². The zero-order valence-electron chi connectivity index (χ0n) is 19.9. The Morgan fingerprint density at radius 1 is 0.971 bits per heavy atom. The van der Waals surface area contributed by atoms with Gasteiger partial charge in [0, 0.05) is 18.5 Å². The molecule has 2 aromatic carbocycles. The predicted octanol–water partition coefficient (Wildman–Crippen LogP) is 4.69. The molecule has 3 aliphatic rings. The Morgan fingerprint density at radius 2 is 1.60 bits per heavy atom. The van der Waals surface area contributed by atoms with Gasteiger partial charge in [0.2, 0.25) is 5.91 Å². The van der Waals surface area contributed by atoms with Gasteiger partial charge in [-0.15, -0.1) is 0 Å². The normalized spacial score (nSPS) is 20.3. The Balaban J connectivity index is 1.24. The fourth-order valence-corrected chi connectivity index (χ4v) is 6.22. The fourth-order valence-electron chi connectivity index (χ4n) is 6.22. The summed E-state index contributed by atoms with van der Waals surface area (Å²) in [5, 5.41) is 12.2. The summed E-state index contributed by atoms with van der Waals surface area (Å²) in [5.41, 5.74) is 4.04. The highest BCUT2D eigenvalue weighted by Crippen LogP contribution is 2.44. The molecule has 7 nitrogen and oxygen atoms in total. The largest absolute Gasteiger partial charge is 0.481 e. The Hall–Kier alpha value is -3.35. The van der Waals surface area contributed by atoms with Gasteiger partial charge in [0.1, 0.15) is 6.61 Å². The molecule has 1 atom stereocenters. The number of aliphatic carboxylic acids is 1. The van der Waals surface area contributed by atoms with Crippen LogP contribution in [0.5, 0.6) is 0 Å². The van der Waals surface area contributed by atoms with Crippen molar-refractivity contribution in [2.24, 2.45) is 0 Å². The average molecular weight is 477 g/mol. The smallest absolute Gasteiger partial charge is 0.407 e. The summed E-state index contributed by atoms with van der Waals surface area (Å²) in [6, 6.07) is 16.2. The summed E-state index contributed by atoms with van der Waals surface area (Å²) >= 11 is 0. The molecule has 5 rings (SSSR count). The van der Waals surface area contributed by atoms with Gasteiger partial charge < -0.3 is 20.1 Å². The maximum atomic E-state index is 13.2. The number of benzene rings is 2. The first-order valence-corrected chi connectivity index (χ1v) is 12.6. The number of alkyl carbamates (subject to hydrolysis) is 1. The van der Waals surface area contributed by atoms with Crippen LogP contribution in [0.25, 0.3) is 11.1 Å². The van der Waals surface area contributed by atoms with Crippen molar-refractivity contribution >= 4 is 18.0 Å². The van der Waals surface area contributed by atoms with Crippen molar-refractivity contribution in [3.05, 3.63) is 59.7 Å². The van der Waals surface area contributed by atoms with E-state index < -0.39 is 17.6 Å². The van der Waals surface area contributed by atoms with E-state index in [1.807, 2.05) is 24.3 Å². The molecule has 35 heavy (non-hydrogen) atoms. The standard InChI is InChI=1S/C28H32N2O5/c31-25(30-15-7-8-19(30)16-26(32)33)17-28(13-5-6-14-28)29-27(34)35-18-24-22-11-3-1-9-20(22)21-10-2-4-12-23(21)24/h1-4,9-12,19,24H,5-8,13-18H2,(H,29,34)(H,32,33). The van der Waals surface area contributed by atoms with Gasteiger partial charge in [0.25, 0.3) is 0 Å². The highest BCUT2D eigenvalue weighted by molar-refractivity contribution is 5.81. The number of likely N-dealkylation sites (tertiary alicyclic amines) is 1. The number of carbonyl (C=O) groups excluding carboxylic acids is 2. The van der Waals surface area contributed by atoms with E-state index in [4.69, 9.17) is 4.74 Å². The van der Waals surface area contributed by atoms with Crippen LogP contribution in [-0.4, -0.2) is 52.7 Å². The lowest BCUT2D eigenvalue weighted by atomic mass is 9.92. The zero-order chi connectivity index (χ0) is 24.4. The molecular weight excluding hydrogens is 444 g/mol. The SMILES string of the molecule is O=C(O)CC1CCCN1C(=O)CC1(NC(=O)OCC2c3ccccc3-c3ccccc32)CCCC1. The Kier molecular flexibility index (Phi) is 6.50. The summed E-state index contributed by atoms with van der Waals surface area (Å²) in [6.45, 7) is 0.814. The second-order valence-corrected chi connectivity index (χ2v) is 10.1. The molecule has 2 fully saturated rings. The number of amides is 2. The maximum absolute atomic E-state index is 13.2. The van der Waals surface area contributed by atoms with Crippen LogP contribution in [0.1, 0.15) is 68.4 Å². The lowest BCUT2D eigenvalue weighted by molar-refractivity contribution is -0.140. The molecule has 184 valence electrons. The van der Waals surface area contributed by atoms with Crippen molar-refractivity contribution < 1.29 is 24.2 Å². The molecule has 2 amide bonds. The number of hydrogen-bond donors (Lipinski definition) is 2. The van der Waals surface area contributed by atoms with Crippen LogP contribution in [0.2, 0.25) is 0 Å². The molecule has 1 saturated heterocycles. The van der Waals surface area contributed by atoms with E-state index in [1.54, 1.807) is 4.90 Å². The molecule has 7 heteroatoms. The van der Waals surface area contributed by atoms with E-state index in [0.717, 1.165) is 43.2 Å². The lowest BCUT2D eigenvalue weighted by Crippen LogP contribution is -2.51. The van der Waals surface area contributed by atoms with Crippen LogP contribution in [-0.2, 0) is 14.3 Å². The van der Waals surface area contributed by atoms with Crippen molar-refractivity contribution in [1.29, 1.82) is 0 Å². The van der Waals surface area contributed by atoms with E-state index in [1.165, 1.54) is 11.1 Å². The second kappa shape index (κ2) is 9.72. The fraction of sp³-hybridized carbons (Fsp3) is 0.464. The maximum Gasteiger partial charge on any atom is 0.407 e. The number of carbonyl (C=O) groups is 3. The highest BCUT2D eigenvalue weighted by atomic mass is 16.5. The van der Waals surface area contributed by atoms with Crippen molar-refractivity contribution in [3.8, 4) is 11.1 Å². The first kappa shape index (κ1) is 23.4. The number of hydrogen-bond acceptors (Lipinski definition) is 4. The summed E-state index contributed by atoms with van der Waals surface area (Å²) in [4.78, 5) is 39.0. The number of ether oxygens (including phenoxy) is 1. The van der Waals surface area contributed by atoms with Crippen molar-refractivity contribution in [2.45, 2.75) is 68.9 Å². The first-order chi connectivity index (χ1) is 17.0. The molecule has 0 radical (unpaired) electrons. The molecule has 1 unspecified atom stereocenters. The lowest BCUT2D eigenvalue weighted by Gasteiger charge is -2.33. The first-order valence-electron chi connectivity index (χ1n) is 12.6. The van der Waals surface area contributed by atoms with E-state index in [2.05, 4.69) is 29.6 Å². The summed E-state index contributed by atoms with van der Waals surface area (Å²) in [7, 11) is 0. The number of carboxylic acid groups (broad SMARTS) is 1. The molecule has 0 aromatic heterocycles. The van der Waals surface area contributed by atoms with Crippen LogP contribution < -0.4 is 5.32 Å². The van der Waals surface area contributed by atoms with Gasteiger partial charge in [-0.2, -0.15) is 0 Å². The molecule has 2 aliphatic carbocycles. The zero-order valence-corrected chi connectivity index (χ0v) is 19.9. The number of nitrogens with one attached hydrogen (secondary N) is 1. The average Bonchev–Trinajstić information content (AvgIpc) is 3.56. The van der Waals surface area contributed by atoms with Crippen LogP contribution in [0.3, 0.4) is 0 Å². The molecule has 2 aromatic rings. The van der Waals surface area contributed by atoms with Crippen molar-refractivity contribution in [1.82, 2.24) is 10.2 Å². The van der Waals surface area contributed by atoms with Gasteiger partial charge in [-0.05, 0) is 47.9 Å². The van der Waals surface area contributed by atoms with E-state index in [-0.39, 0.29) is 37.3 Å². The Morgan fingerprint density at radius 3 is 2.23 bits per heavy atom. The topological polar surface area (TPSA) is 95.9 Å². The molecule has 2 N–H and O–H groups in total. The molecule has 0 spiro atoms. The van der Waals surface area contributed by atoms with Crippen molar-refractivity contribution in [3.63, 3.8) is 0 Å². The van der Waals surface area contributed by atoms with E-state index in [0.29, 0.717) is 13.0 Å². The highest BCUT2D eigenvalue weighted by Gasteiger charge is 2.41. The van der Waals surface area contributed by atoms with E-state index >= 15 is 0 Å². The van der Waals surface area contributed by atoms with Gasteiger partial charge in [-0.1, -0.05) is 61.4 Å². The van der Waals surface area contributed by atoms with Crippen LogP contribution in [0.4, 0.5) is 4.79 Å². The molecule has 0 bridgehead atoms. The monoisotopic (exact) mass is 476 g/mol. The summed E-state index contributed by atoms with van der Waals surface area (Å²) < 4.78 is 5.75. The second-order valence-electron chi connectivity index (χ2n) is 10.1. The molecule has 1 saturated carbocycles. The van der Waals surface area contributed by atoms with Gasteiger partial charge in [-0.25, -0.2) is 4.79 Å². The van der Waals surface area contributed by atoms with Crippen LogP contribution in [0.15, 0.2) is 48.5 Å². The predicted molar refractivity (Wildman–Crippen MR) is 131 cm³/mol. The van der Waals surface area contributed by atoms with Gasteiger partial charge in [0.05, 0.1) is 18.4 Å². The number of nitrogens with zero attached hydrogens (tertiary/aromatic N) is 1. The summed E-state index contributed by atoms with van der Waals surface area (Å²) in [5.74, 6) is -0.979. The van der Waals surface area contributed by atoms with Gasteiger partial charge >= 0.3 is 12.1 Å². The molecular formula is C28H32N2O5. The Labute approximate surface area is 205 Å². The Bertz CT molecular complexity index is 1080.